The lowest BCUT2D eigenvalue weighted by Crippen LogP contribution is -2.18. The predicted octanol–water partition coefficient (Wildman–Crippen LogP) is 1.84. The van der Waals surface area contributed by atoms with Crippen molar-refractivity contribution in [1.82, 2.24) is 0 Å². The summed E-state index contributed by atoms with van der Waals surface area (Å²) in [4.78, 5) is 12.2. The van der Waals surface area contributed by atoms with E-state index in [-0.39, 0.29) is 11.7 Å². The summed E-state index contributed by atoms with van der Waals surface area (Å²) < 4.78 is 21.7. The third-order valence-electron chi connectivity index (χ3n) is 2.31. The molecule has 0 saturated heterocycles. The summed E-state index contributed by atoms with van der Waals surface area (Å²) in [5.74, 6) is 0.279. The number of aryl methyl sites for hydroxylation is 1. The van der Waals surface area contributed by atoms with E-state index in [1.54, 1.807) is 6.07 Å². The van der Waals surface area contributed by atoms with E-state index in [1.165, 1.54) is 11.8 Å². The molecule has 0 saturated carbocycles. The zero-order valence-electron chi connectivity index (χ0n) is 8.77. The van der Waals surface area contributed by atoms with Crippen molar-refractivity contribution in [2.45, 2.75) is 11.3 Å². The van der Waals surface area contributed by atoms with Crippen molar-refractivity contribution in [2.75, 3.05) is 16.8 Å². The van der Waals surface area contributed by atoms with Gasteiger partial charge in [0.25, 0.3) is 0 Å². The lowest BCUT2D eigenvalue weighted by Gasteiger charge is -2.16. The topological polar surface area (TPSA) is 63.2 Å². The number of halogens is 1. The van der Waals surface area contributed by atoms with E-state index >= 15 is 0 Å². The summed E-state index contributed by atoms with van der Waals surface area (Å²) in [5.41, 5.74) is 1.59. The van der Waals surface area contributed by atoms with Crippen LogP contribution in [-0.2, 0) is 20.3 Å². The normalized spacial score (nSPS) is 15.2. The van der Waals surface area contributed by atoms with Crippen LogP contribution < -0.4 is 5.32 Å². The van der Waals surface area contributed by atoms with Crippen molar-refractivity contribution in [3.8, 4) is 0 Å². The van der Waals surface area contributed by atoms with Gasteiger partial charge >= 0.3 is 0 Å². The van der Waals surface area contributed by atoms with Crippen molar-refractivity contribution in [2.24, 2.45) is 0 Å². The fourth-order valence-electron chi connectivity index (χ4n) is 1.53. The molecule has 0 atom stereocenters. The van der Waals surface area contributed by atoms with E-state index in [4.69, 9.17) is 10.7 Å². The van der Waals surface area contributed by atoms with Crippen LogP contribution in [-0.4, -0.2) is 25.8 Å². The minimum Gasteiger partial charge on any atom is -0.324 e. The molecule has 0 radical (unpaired) electrons. The number of carbonyl (C=O) groups is 1. The number of carbonyl (C=O) groups excluding carboxylic acids is 1. The zero-order valence-corrected chi connectivity index (χ0v) is 11.2. The Hall–Kier alpha value is -0.720. The molecular weight excluding hydrogens is 282 g/mol. The molecule has 0 unspecified atom stereocenters. The number of nitrogens with one attached hydrogen (secondary N) is 1. The molecule has 1 heterocycles. The van der Waals surface area contributed by atoms with Gasteiger partial charge in [-0.15, -0.1) is 11.8 Å². The van der Waals surface area contributed by atoms with Gasteiger partial charge in [0.05, 0.1) is 17.2 Å². The second kappa shape index (κ2) is 4.88. The van der Waals surface area contributed by atoms with E-state index in [0.29, 0.717) is 12.2 Å². The van der Waals surface area contributed by atoms with Crippen molar-refractivity contribution in [1.29, 1.82) is 0 Å². The maximum absolute atomic E-state index is 11.2. The molecule has 1 amide bonds. The summed E-state index contributed by atoms with van der Waals surface area (Å²) in [6.45, 7) is 0. The van der Waals surface area contributed by atoms with Gasteiger partial charge in [0.2, 0.25) is 15.0 Å². The molecule has 0 aliphatic carbocycles. The van der Waals surface area contributed by atoms with Gasteiger partial charge in [0.15, 0.2) is 0 Å². The third-order valence-corrected chi connectivity index (χ3v) is 4.54. The van der Waals surface area contributed by atoms with E-state index in [2.05, 4.69) is 5.32 Å². The summed E-state index contributed by atoms with van der Waals surface area (Å²) in [6.07, 6.45) is 0.347. The number of hydrogen-bond acceptors (Lipinski definition) is 4. The van der Waals surface area contributed by atoms with E-state index in [9.17, 15) is 13.2 Å². The van der Waals surface area contributed by atoms with Gasteiger partial charge in [-0.05, 0) is 24.1 Å². The first-order valence-corrected chi connectivity index (χ1v) is 8.38. The molecule has 0 spiro atoms. The number of anilines is 1. The molecule has 1 aliphatic rings. The number of amides is 1. The Morgan fingerprint density at radius 1 is 1.41 bits per heavy atom. The Morgan fingerprint density at radius 3 is 2.88 bits per heavy atom. The molecule has 0 aromatic heterocycles. The molecule has 1 aromatic carbocycles. The molecule has 1 aromatic rings. The molecule has 0 bridgehead atoms. The van der Waals surface area contributed by atoms with Crippen LogP contribution in [0.3, 0.4) is 0 Å². The molecule has 2 rings (SSSR count). The smallest absolute Gasteiger partial charge is 0.234 e. The highest BCUT2D eigenvalue weighted by Crippen LogP contribution is 2.32. The van der Waals surface area contributed by atoms with Gasteiger partial charge in [-0.3, -0.25) is 4.79 Å². The van der Waals surface area contributed by atoms with Crippen LogP contribution in [0, 0.1) is 0 Å². The Morgan fingerprint density at radius 2 is 2.18 bits per heavy atom. The molecule has 17 heavy (non-hydrogen) atoms. The van der Waals surface area contributed by atoms with E-state index < -0.39 is 9.05 Å². The van der Waals surface area contributed by atoms with Crippen LogP contribution >= 0.6 is 22.4 Å². The second-order valence-electron chi connectivity index (χ2n) is 3.66. The van der Waals surface area contributed by atoms with Crippen molar-refractivity contribution < 1.29 is 13.2 Å². The van der Waals surface area contributed by atoms with Gasteiger partial charge in [-0.2, -0.15) is 0 Å². The molecule has 92 valence electrons. The van der Waals surface area contributed by atoms with Crippen LogP contribution in [0.25, 0.3) is 0 Å². The Kier molecular flexibility index (Phi) is 3.65. The summed E-state index contributed by atoms with van der Waals surface area (Å²) in [5, 5.41) is 2.76. The fourth-order valence-corrected chi connectivity index (χ4v) is 3.03. The largest absolute Gasteiger partial charge is 0.324 e. The Bertz CT molecular complexity index is 557. The van der Waals surface area contributed by atoms with Crippen LogP contribution in [0.4, 0.5) is 5.69 Å². The highest BCUT2D eigenvalue weighted by atomic mass is 35.7. The highest BCUT2D eigenvalue weighted by molar-refractivity contribution is 8.13. The van der Waals surface area contributed by atoms with E-state index in [1.807, 2.05) is 12.1 Å². The number of benzene rings is 1. The molecule has 1 N–H and O–H groups in total. The number of fused-ring (bicyclic) bond motifs is 1. The van der Waals surface area contributed by atoms with Gasteiger partial charge in [-0.25, -0.2) is 8.42 Å². The molecular formula is C10H10ClNO3S2. The maximum Gasteiger partial charge on any atom is 0.234 e. The van der Waals surface area contributed by atoms with Gasteiger partial charge in [0.1, 0.15) is 0 Å². The first-order valence-electron chi connectivity index (χ1n) is 4.92. The fraction of sp³-hybridized carbons (Fsp3) is 0.300. The van der Waals surface area contributed by atoms with E-state index in [0.717, 1.165) is 16.1 Å². The second-order valence-corrected chi connectivity index (χ2v) is 7.57. The molecule has 0 fully saturated rings. The van der Waals surface area contributed by atoms with Crippen LogP contribution in [0.1, 0.15) is 5.56 Å². The summed E-state index contributed by atoms with van der Waals surface area (Å²) >= 11 is 1.47. The first-order chi connectivity index (χ1) is 7.94. The Labute approximate surface area is 108 Å². The standard InChI is InChI=1S/C10H10ClNO3S2/c11-17(14,15)4-3-7-1-2-9-8(5-7)12-10(13)6-16-9/h1-2,5H,3-4,6H2,(H,12,13). The Balaban J connectivity index is 2.16. The number of rotatable bonds is 3. The van der Waals surface area contributed by atoms with Crippen LogP contribution in [0.2, 0.25) is 0 Å². The zero-order chi connectivity index (χ0) is 12.5. The highest BCUT2D eigenvalue weighted by Gasteiger charge is 2.15. The first kappa shape index (κ1) is 12.7. The monoisotopic (exact) mass is 291 g/mol. The number of thioether (sulfide) groups is 1. The van der Waals surface area contributed by atoms with Crippen molar-refractivity contribution in [3.63, 3.8) is 0 Å². The summed E-state index contributed by atoms with van der Waals surface area (Å²) in [7, 11) is 1.67. The minimum atomic E-state index is -3.47. The average Bonchev–Trinajstić information content (AvgIpc) is 2.24. The quantitative estimate of drug-likeness (QED) is 0.863. The predicted molar refractivity (Wildman–Crippen MR) is 69.1 cm³/mol. The molecule has 7 heteroatoms. The SMILES string of the molecule is O=C1CSc2ccc(CCS(=O)(=O)Cl)cc2N1. The average molecular weight is 292 g/mol. The van der Waals surface area contributed by atoms with Crippen molar-refractivity contribution in [3.05, 3.63) is 23.8 Å². The lowest BCUT2D eigenvalue weighted by molar-refractivity contribution is -0.113. The van der Waals surface area contributed by atoms with Gasteiger partial charge in [0, 0.05) is 15.6 Å². The minimum absolute atomic E-state index is 0.0374. The molecule has 4 nitrogen and oxygen atoms in total. The lowest BCUT2D eigenvalue weighted by atomic mass is 10.1. The molecule has 1 aliphatic heterocycles. The van der Waals surface area contributed by atoms with Crippen LogP contribution in [0.5, 0.6) is 0 Å². The van der Waals surface area contributed by atoms with Gasteiger partial charge in [-0.1, -0.05) is 6.07 Å². The summed E-state index contributed by atoms with van der Waals surface area (Å²) in [6, 6.07) is 5.53. The number of hydrogen-bond donors (Lipinski definition) is 1. The van der Waals surface area contributed by atoms with Crippen molar-refractivity contribution >= 4 is 43.1 Å². The van der Waals surface area contributed by atoms with Gasteiger partial charge < -0.3 is 5.32 Å². The van der Waals surface area contributed by atoms with Crippen LogP contribution in [0.15, 0.2) is 23.1 Å². The third kappa shape index (κ3) is 3.62. The maximum atomic E-state index is 11.2.